The minimum Gasteiger partial charge on any atom is -0.497 e. The number of nitrogens with zero attached hydrogens (tertiary/aromatic N) is 2. The van der Waals surface area contributed by atoms with Crippen molar-refractivity contribution in [2.75, 3.05) is 14.2 Å². The number of likely N-dealkylation sites (N-methyl/N-ethyl adjacent to an activating group) is 1. The molecular weight excluding hydrogens is 320 g/mol. The van der Waals surface area contributed by atoms with Crippen molar-refractivity contribution in [2.24, 2.45) is 0 Å². The van der Waals surface area contributed by atoms with Crippen LogP contribution in [0.2, 0.25) is 0 Å². The van der Waals surface area contributed by atoms with Crippen LogP contribution in [0, 0.1) is 6.92 Å². The molecule has 128 valence electrons. The van der Waals surface area contributed by atoms with E-state index in [9.17, 15) is 4.79 Å². The Kier molecular flexibility index (Phi) is 4.90. The maximum Gasteiger partial charge on any atom is 0.233 e. The Labute approximate surface area is 147 Å². The van der Waals surface area contributed by atoms with Crippen molar-refractivity contribution in [3.8, 4) is 5.75 Å². The summed E-state index contributed by atoms with van der Waals surface area (Å²) in [6.07, 6.45) is 4.03. The number of aryl methyl sites for hydroxylation is 1. The molecule has 0 N–H and O–H groups in total. The third-order valence-corrected chi connectivity index (χ3v) is 5.74. The molecule has 24 heavy (non-hydrogen) atoms. The molecule has 3 rings (SSSR count). The highest BCUT2D eigenvalue weighted by atomic mass is 32.1. The summed E-state index contributed by atoms with van der Waals surface area (Å²) in [5.74, 6) is 1.03. The normalized spacial score (nSPS) is 16.1. The molecule has 1 aromatic heterocycles. The third kappa shape index (κ3) is 3.18. The molecule has 0 saturated heterocycles. The van der Waals surface area contributed by atoms with Gasteiger partial charge in [-0.15, -0.1) is 11.3 Å². The van der Waals surface area contributed by atoms with E-state index in [-0.39, 0.29) is 5.91 Å². The first kappa shape index (κ1) is 17.0. The average Bonchev–Trinajstić information content (AvgIpc) is 3.24. The average molecular weight is 344 g/mol. The standard InChI is InChI=1S/C19H24N2O2S/c1-14-20-16(13-24-14)12-21(2)18(22)19(10-4-5-11-19)15-6-8-17(23-3)9-7-15/h6-9,13H,4-5,10-12H2,1-3H3. The Balaban J connectivity index is 1.84. The Hall–Kier alpha value is -1.88. The lowest BCUT2D eigenvalue weighted by atomic mass is 9.77. The summed E-state index contributed by atoms with van der Waals surface area (Å²) >= 11 is 1.63. The molecule has 0 unspecified atom stereocenters. The van der Waals surface area contributed by atoms with Crippen molar-refractivity contribution < 1.29 is 9.53 Å². The number of benzene rings is 1. The Morgan fingerprint density at radius 2 is 1.96 bits per heavy atom. The first-order valence-corrected chi connectivity index (χ1v) is 9.24. The van der Waals surface area contributed by atoms with Crippen LogP contribution in [-0.4, -0.2) is 29.9 Å². The molecule has 1 aliphatic carbocycles. The quantitative estimate of drug-likeness (QED) is 0.825. The minimum absolute atomic E-state index is 0.204. The molecule has 5 heteroatoms. The van der Waals surface area contributed by atoms with Gasteiger partial charge in [-0.05, 0) is 37.5 Å². The Bertz CT molecular complexity index is 702. The first-order valence-electron chi connectivity index (χ1n) is 8.36. The molecule has 1 amide bonds. The van der Waals surface area contributed by atoms with Gasteiger partial charge in [-0.1, -0.05) is 25.0 Å². The predicted octanol–water partition coefficient (Wildman–Crippen LogP) is 3.93. The number of carbonyl (C=O) groups excluding carboxylic acids is 1. The van der Waals surface area contributed by atoms with Gasteiger partial charge in [0.1, 0.15) is 5.75 Å². The summed E-state index contributed by atoms with van der Waals surface area (Å²) in [5, 5.41) is 3.07. The fourth-order valence-electron chi connectivity index (χ4n) is 3.68. The zero-order valence-corrected chi connectivity index (χ0v) is 15.4. The maximum atomic E-state index is 13.3. The Morgan fingerprint density at radius 1 is 1.29 bits per heavy atom. The summed E-state index contributed by atoms with van der Waals surface area (Å²) in [6, 6.07) is 7.99. The highest BCUT2D eigenvalue weighted by molar-refractivity contribution is 7.09. The molecular formula is C19H24N2O2S. The van der Waals surface area contributed by atoms with Gasteiger partial charge in [0.15, 0.2) is 0 Å². The molecule has 1 saturated carbocycles. The summed E-state index contributed by atoms with van der Waals surface area (Å²) in [4.78, 5) is 19.6. The molecule has 1 aromatic carbocycles. The minimum atomic E-state index is -0.397. The van der Waals surface area contributed by atoms with Gasteiger partial charge in [-0.25, -0.2) is 4.98 Å². The van der Waals surface area contributed by atoms with E-state index >= 15 is 0 Å². The van der Waals surface area contributed by atoms with Gasteiger partial charge in [-0.2, -0.15) is 0 Å². The van der Waals surface area contributed by atoms with Crippen molar-refractivity contribution in [3.63, 3.8) is 0 Å². The molecule has 2 aromatic rings. The van der Waals surface area contributed by atoms with Crippen molar-refractivity contribution in [3.05, 3.63) is 45.9 Å². The van der Waals surface area contributed by atoms with Crippen LogP contribution < -0.4 is 4.74 Å². The first-order chi connectivity index (χ1) is 11.5. The number of hydrogen-bond donors (Lipinski definition) is 0. The van der Waals surface area contributed by atoms with Gasteiger partial charge < -0.3 is 9.64 Å². The summed E-state index contributed by atoms with van der Waals surface area (Å²) < 4.78 is 5.25. The maximum absolute atomic E-state index is 13.3. The van der Waals surface area contributed by atoms with Crippen molar-refractivity contribution >= 4 is 17.2 Å². The van der Waals surface area contributed by atoms with Crippen LogP contribution in [0.4, 0.5) is 0 Å². The monoisotopic (exact) mass is 344 g/mol. The largest absolute Gasteiger partial charge is 0.497 e. The van der Waals surface area contributed by atoms with Crippen LogP contribution >= 0.6 is 11.3 Å². The predicted molar refractivity (Wildman–Crippen MR) is 96.5 cm³/mol. The second-order valence-corrected chi connectivity index (χ2v) is 7.60. The van der Waals surface area contributed by atoms with Crippen molar-refractivity contribution in [1.82, 2.24) is 9.88 Å². The lowest BCUT2D eigenvalue weighted by molar-refractivity contribution is -0.136. The number of methoxy groups -OCH3 is 1. The van der Waals surface area contributed by atoms with Gasteiger partial charge in [0.2, 0.25) is 5.91 Å². The molecule has 0 aliphatic heterocycles. The van der Waals surface area contributed by atoms with Crippen molar-refractivity contribution in [1.29, 1.82) is 0 Å². The van der Waals surface area contributed by atoms with Crippen LogP contribution in [0.3, 0.4) is 0 Å². The lowest BCUT2D eigenvalue weighted by Gasteiger charge is -2.32. The topological polar surface area (TPSA) is 42.4 Å². The fraction of sp³-hybridized carbons (Fsp3) is 0.474. The second-order valence-electron chi connectivity index (χ2n) is 6.54. The molecule has 0 atom stereocenters. The van der Waals surface area contributed by atoms with Gasteiger partial charge in [0, 0.05) is 12.4 Å². The summed E-state index contributed by atoms with van der Waals surface area (Å²) in [5.41, 5.74) is 1.68. The number of carbonyl (C=O) groups is 1. The number of aromatic nitrogens is 1. The highest BCUT2D eigenvalue weighted by Crippen LogP contribution is 2.43. The fourth-order valence-corrected chi connectivity index (χ4v) is 4.28. The van der Waals surface area contributed by atoms with Crippen LogP contribution in [0.15, 0.2) is 29.6 Å². The van der Waals surface area contributed by atoms with E-state index in [4.69, 9.17) is 4.74 Å². The second kappa shape index (κ2) is 6.93. The lowest BCUT2D eigenvalue weighted by Crippen LogP contribution is -2.43. The highest BCUT2D eigenvalue weighted by Gasteiger charge is 2.44. The smallest absolute Gasteiger partial charge is 0.233 e. The van der Waals surface area contributed by atoms with Gasteiger partial charge >= 0.3 is 0 Å². The third-order valence-electron chi connectivity index (χ3n) is 4.92. The van der Waals surface area contributed by atoms with E-state index in [0.29, 0.717) is 6.54 Å². The van der Waals surface area contributed by atoms with E-state index < -0.39 is 5.41 Å². The molecule has 1 aliphatic rings. The summed E-state index contributed by atoms with van der Waals surface area (Å²) in [7, 11) is 3.55. The molecule has 4 nitrogen and oxygen atoms in total. The van der Waals surface area contributed by atoms with E-state index in [1.807, 2.05) is 48.5 Å². The molecule has 0 bridgehead atoms. The van der Waals surface area contributed by atoms with Gasteiger partial charge in [0.05, 0.1) is 29.8 Å². The van der Waals surface area contributed by atoms with E-state index in [1.54, 1.807) is 18.4 Å². The zero-order valence-electron chi connectivity index (χ0n) is 14.5. The number of thiazole rings is 1. The number of amides is 1. The number of hydrogen-bond acceptors (Lipinski definition) is 4. The molecule has 1 fully saturated rings. The number of rotatable bonds is 5. The van der Waals surface area contributed by atoms with Gasteiger partial charge in [-0.3, -0.25) is 4.79 Å². The van der Waals surface area contributed by atoms with Crippen molar-refractivity contribution in [2.45, 2.75) is 44.6 Å². The van der Waals surface area contributed by atoms with Crippen LogP contribution in [0.1, 0.15) is 41.9 Å². The zero-order chi connectivity index (χ0) is 17.2. The number of ether oxygens (including phenoxy) is 1. The SMILES string of the molecule is COc1ccc(C2(C(=O)N(C)Cc3csc(C)n3)CCCC2)cc1. The van der Waals surface area contributed by atoms with Crippen LogP contribution in [-0.2, 0) is 16.8 Å². The molecule has 0 spiro atoms. The van der Waals surface area contributed by atoms with E-state index in [1.165, 1.54) is 0 Å². The summed E-state index contributed by atoms with van der Waals surface area (Å²) in [6.45, 7) is 2.56. The van der Waals surface area contributed by atoms with Crippen LogP contribution in [0.25, 0.3) is 0 Å². The van der Waals surface area contributed by atoms with E-state index in [0.717, 1.165) is 47.7 Å². The van der Waals surface area contributed by atoms with Crippen LogP contribution in [0.5, 0.6) is 5.75 Å². The Morgan fingerprint density at radius 3 is 2.50 bits per heavy atom. The molecule has 0 radical (unpaired) electrons. The van der Waals surface area contributed by atoms with Gasteiger partial charge in [0.25, 0.3) is 0 Å². The van der Waals surface area contributed by atoms with E-state index in [2.05, 4.69) is 4.98 Å². The molecule has 1 heterocycles.